The highest BCUT2D eigenvalue weighted by atomic mass is 19.4. The average Bonchev–Trinajstić information content (AvgIpc) is 3.42. The summed E-state index contributed by atoms with van der Waals surface area (Å²) in [6, 6.07) is 33.6. The van der Waals surface area contributed by atoms with E-state index in [-0.39, 0.29) is 23.7 Å². The van der Waals surface area contributed by atoms with Crippen molar-refractivity contribution in [3.63, 3.8) is 0 Å². The minimum Gasteiger partial charge on any atom is -0.355 e. The van der Waals surface area contributed by atoms with Crippen LogP contribution in [0.15, 0.2) is 172 Å². The Morgan fingerprint density at radius 2 is 0.919 bits per heavy atom. The molecule has 2 N–H and O–H groups in total. The van der Waals surface area contributed by atoms with Gasteiger partial charge in [-0.25, -0.2) is 19.9 Å². The molecule has 0 radical (unpaired) electrons. The molecule has 2 aliphatic rings. The van der Waals surface area contributed by atoms with Gasteiger partial charge in [-0.1, -0.05) is 49.6 Å². The summed E-state index contributed by atoms with van der Waals surface area (Å²) >= 11 is 0. The van der Waals surface area contributed by atoms with Crippen LogP contribution in [0, 0.1) is 0 Å². The molecule has 0 aliphatic carbocycles. The van der Waals surface area contributed by atoms with Crippen LogP contribution < -0.4 is 10.6 Å². The number of hydrogen-bond donors (Lipinski definition) is 2. The van der Waals surface area contributed by atoms with E-state index >= 15 is 0 Å². The lowest BCUT2D eigenvalue weighted by atomic mass is 9.87. The second kappa shape index (κ2) is 21.8. The van der Waals surface area contributed by atoms with Gasteiger partial charge in [0.25, 0.3) is 0 Å². The number of benzene rings is 6. The second-order valence-electron chi connectivity index (χ2n) is 18.3. The monoisotopic (exact) mass is 1000 g/mol. The zero-order chi connectivity index (χ0) is 52.0. The lowest BCUT2D eigenvalue weighted by Crippen LogP contribution is -2.38. The molecule has 2 aromatic heterocycles. The fourth-order valence-corrected chi connectivity index (χ4v) is 9.77. The van der Waals surface area contributed by atoms with Crippen molar-refractivity contribution in [1.82, 2.24) is 29.7 Å². The van der Waals surface area contributed by atoms with E-state index in [0.29, 0.717) is 48.9 Å². The van der Waals surface area contributed by atoms with E-state index < -0.39 is 23.5 Å². The van der Waals surface area contributed by atoms with Gasteiger partial charge in [0.1, 0.15) is 12.7 Å². The van der Waals surface area contributed by atoms with Gasteiger partial charge in [0.15, 0.2) is 0 Å². The van der Waals surface area contributed by atoms with Crippen LogP contribution >= 0.6 is 0 Å². The zero-order valence-corrected chi connectivity index (χ0v) is 40.0. The van der Waals surface area contributed by atoms with E-state index in [0.717, 1.165) is 105 Å². The first kappa shape index (κ1) is 50.5. The number of nitrogens with zero attached hydrogens (tertiary/aromatic N) is 6. The molecule has 4 heterocycles. The summed E-state index contributed by atoms with van der Waals surface area (Å²) in [7, 11) is 0. The van der Waals surface area contributed by atoms with Crippen molar-refractivity contribution in [2.45, 2.75) is 49.9 Å². The molecule has 10 nitrogen and oxygen atoms in total. The lowest BCUT2D eigenvalue weighted by Gasteiger charge is -2.33. The maximum atomic E-state index is 13.1. The summed E-state index contributed by atoms with van der Waals surface area (Å²) in [6.45, 7) is 9.82. The molecule has 0 bridgehead atoms. The van der Waals surface area contributed by atoms with Crippen molar-refractivity contribution in [2.24, 2.45) is 0 Å². The number of fused-ring (bicyclic) bond motifs is 2. The van der Waals surface area contributed by atoms with E-state index in [1.165, 1.54) is 36.9 Å². The van der Waals surface area contributed by atoms with Gasteiger partial charge in [-0.15, -0.1) is 0 Å². The number of nitrogens with one attached hydrogen (secondary N) is 2. The number of rotatable bonds is 10. The first-order chi connectivity index (χ1) is 35.6. The molecule has 8 aromatic rings. The number of piperidine rings is 2. The quantitative estimate of drug-likeness (QED) is 0.103. The molecule has 376 valence electrons. The van der Waals surface area contributed by atoms with Gasteiger partial charge in [0, 0.05) is 83.9 Å². The third kappa shape index (κ3) is 11.8. The van der Waals surface area contributed by atoms with Crippen LogP contribution in [0.4, 0.5) is 49.1 Å². The number of likely N-dealkylation sites (tertiary alicyclic amines) is 2. The lowest BCUT2D eigenvalue weighted by molar-refractivity contribution is -0.138. The van der Waals surface area contributed by atoms with Crippen LogP contribution in [0.5, 0.6) is 0 Å². The summed E-state index contributed by atoms with van der Waals surface area (Å²) in [4.78, 5) is 45.7. The molecule has 2 aliphatic heterocycles. The minimum atomic E-state index is -4.41. The molecule has 2 saturated heterocycles. The summed E-state index contributed by atoms with van der Waals surface area (Å²) in [6.07, 6.45) is 4.12. The highest BCUT2D eigenvalue weighted by Crippen LogP contribution is 2.39. The summed E-state index contributed by atoms with van der Waals surface area (Å²) in [5.41, 5.74) is 8.14. The van der Waals surface area contributed by atoms with Crippen molar-refractivity contribution < 1.29 is 35.9 Å². The van der Waals surface area contributed by atoms with Gasteiger partial charge in [-0.2, -0.15) is 26.3 Å². The van der Waals surface area contributed by atoms with Crippen LogP contribution in [0.2, 0.25) is 0 Å². The first-order valence-electron chi connectivity index (χ1n) is 24.0. The van der Waals surface area contributed by atoms with Gasteiger partial charge < -0.3 is 20.4 Å². The number of carbonyl (C=O) groups is 2. The Morgan fingerprint density at radius 1 is 0.527 bits per heavy atom. The molecular formula is C58H50F6N8O2. The fraction of sp³-hybridized carbons (Fsp3) is 0.207. The Labute approximate surface area is 423 Å². The van der Waals surface area contributed by atoms with Gasteiger partial charge in [0.05, 0.1) is 22.2 Å². The average molecular weight is 1010 g/mol. The van der Waals surface area contributed by atoms with E-state index in [2.05, 4.69) is 55.9 Å². The predicted molar refractivity (Wildman–Crippen MR) is 277 cm³/mol. The third-order valence-corrected chi connectivity index (χ3v) is 13.3. The van der Waals surface area contributed by atoms with Gasteiger partial charge >= 0.3 is 12.4 Å². The Morgan fingerprint density at radius 3 is 1.31 bits per heavy atom. The zero-order valence-electron chi connectivity index (χ0n) is 40.0. The molecule has 0 saturated carbocycles. The van der Waals surface area contributed by atoms with E-state index in [9.17, 15) is 35.9 Å². The molecule has 6 aromatic carbocycles. The van der Waals surface area contributed by atoms with Crippen LogP contribution in [-0.4, -0.2) is 67.7 Å². The normalized spacial score (nSPS) is 16.0. The molecule has 16 heteroatoms. The van der Waals surface area contributed by atoms with Crippen molar-refractivity contribution in [3.05, 3.63) is 194 Å². The van der Waals surface area contributed by atoms with E-state index in [1.54, 1.807) is 24.5 Å². The summed E-state index contributed by atoms with van der Waals surface area (Å²) < 4.78 is 78.8. The minimum absolute atomic E-state index is 0.0758. The highest BCUT2D eigenvalue weighted by Gasteiger charge is 2.32. The maximum absolute atomic E-state index is 13.1. The molecule has 74 heavy (non-hydrogen) atoms. The summed E-state index contributed by atoms with van der Waals surface area (Å²) in [5.74, 6) is 0.0733. The number of hydrogen-bond acceptors (Lipinski definition) is 8. The largest absolute Gasteiger partial charge is 0.416 e. The smallest absolute Gasteiger partial charge is 0.355 e. The molecule has 2 unspecified atom stereocenters. The van der Waals surface area contributed by atoms with Gasteiger partial charge in [-0.05, 0) is 156 Å². The Bertz CT molecular complexity index is 3160. The van der Waals surface area contributed by atoms with Crippen molar-refractivity contribution in [2.75, 3.05) is 36.8 Å². The topological polar surface area (TPSA) is 116 Å². The van der Waals surface area contributed by atoms with Crippen molar-refractivity contribution in [1.29, 1.82) is 0 Å². The van der Waals surface area contributed by atoms with E-state index in [4.69, 9.17) is 0 Å². The molecule has 2 amide bonds. The number of alkyl halides is 6. The number of halogens is 6. The van der Waals surface area contributed by atoms with Crippen LogP contribution in [0.1, 0.15) is 59.8 Å². The second-order valence-corrected chi connectivity index (χ2v) is 18.3. The first-order valence-corrected chi connectivity index (χ1v) is 24.0. The number of amides is 2. The van der Waals surface area contributed by atoms with Crippen molar-refractivity contribution >= 4 is 56.4 Å². The van der Waals surface area contributed by atoms with Crippen LogP contribution in [0.3, 0.4) is 0 Å². The molecule has 2 atom stereocenters. The van der Waals surface area contributed by atoms with Crippen LogP contribution in [-0.2, 0) is 21.9 Å². The standard InChI is InChI=1S/2C29H25F3N4O/c2*1-2-27(37)36-11-5-7-20(17-36)26-14-21(12-22-16-33-18-34-28(22)26)19-6-3-9-24(13-19)35-25-10-4-8-23(15-25)29(30,31)32/h2*2-4,6,8-10,12-16,18,20,35H,1,5,7,11,17H2. The van der Waals surface area contributed by atoms with Crippen LogP contribution in [0.25, 0.3) is 44.1 Å². The number of anilines is 4. The predicted octanol–water partition coefficient (Wildman–Crippen LogP) is 13.9. The Balaban J connectivity index is 0.000000182. The molecule has 0 spiro atoms. The SMILES string of the molecule is C=CC(=O)N1CCCC(c2cc(-c3cccc(Nc4cccc(C(F)(F)F)c4)c3)cc3cncnc23)C1.C=CC(=O)N1CCCC(c2cc(-c3cccc(Nc4cccc(C(F)(F)F)c4)c3)cc3cncnc23)C1. The van der Waals surface area contributed by atoms with Crippen molar-refractivity contribution in [3.8, 4) is 22.3 Å². The summed E-state index contributed by atoms with van der Waals surface area (Å²) in [5, 5.41) is 7.95. The Hall–Kier alpha value is -8.40. The van der Waals surface area contributed by atoms with E-state index in [1.807, 2.05) is 70.5 Å². The molecular weight excluding hydrogens is 955 g/mol. The molecule has 10 rings (SSSR count). The Kier molecular flexibility index (Phi) is 14.9. The number of carbonyl (C=O) groups excluding carboxylic acids is 2. The van der Waals surface area contributed by atoms with Gasteiger partial charge in [-0.3, -0.25) is 9.59 Å². The fourth-order valence-electron chi connectivity index (χ4n) is 9.77. The number of aromatic nitrogens is 4. The molecule has 2 fully saturated rings. The highest BCUT2D eigenvalue weighted by molar-refractivity contribution is 5.91. The van der Waals surface area contributed by atoms with Gasteiger partial charge in [0.2, 0.25) is 11.8 Å². The maximum Gasteiger partial charge on any atom is 0.416 e. The third-order valence-electron chi connectivity index (χ3n) is 13.3.